The van der Waals surface area contributed by atoms with Crippen molar-refractivity contribution in [1.29, 1.82) is 0 Å². The van der Waals surface area contributed by atoms with E-state index in [0.29, 0.717) is 5.00 Å². The van der Waals surface area contributed by atoms with Crippen molar-refractivity contribution < 1.29 is 9.83 Å². The molecule has 0 saturated heterocycles. The first-order chi connectivity index (χ1) is 8.32. The van der Waals surface area contributed by atoms with Crippen LogP contribution in [0.25, 0.3) is 0 Å². The van der Waals surface area contributed by atoms with Crippen molar-refractivity contribution in [3.05, 3.63) is 20.8 Å². The molecule has 10 heteroatoms. The predicted molar refractivity (Wildman–Crippen MR) is 68.4 cm³/mol. The second-order valence-corrected chi connectivity index (χ2v) is 4.93. The largest absolute Gasteiger partial charge is 0.343 e. The van der Waals surface area contributed by atoms with Crippen LogP contribution in [0.2, 0.25) is 4.47 Å². The predicted octanol–water partition coefficient (Wildman–Crippen LogP) is 1.26. The standard InChI is InChI=1S/C8H10ClN5O3S/c1-5(15)13(6-4-10-7(9)18-6)8(12(2)3)11-14(16)17/h4H,1-3H3. The maximum Gasteiger partial charge on any atom is 0.285 e. The van der Waals surface area contributed by atoms with Gasteiger partial charge >= 0.3 is 0 Å². The average Bonchev–Trinajstić information content (AvgIpc) is 2.62. The van der Waals surface area contributed by atoms with Crippen LogP contribution in [0.1, 0.15) is 6.92 Å². The molecule has 0 N–H and O–H groups in total. The number of nitrogens with zero attached hydrogens (tertiary/aromatic N) is 5. The van der Waals surface area contributed by atoms with Crippen molar-refractivity contribution in [2.24, 2.45) is 5.10 Å². The molecule has 1 aromatic heterocycles. The number of hydrogen-bond donors (Lipinski definition) is 0. The molecule has 1 heterocycles. The normalized spacial score (nSPS) is 11.2. The third kappa shape index (κ3) is 3.37. The number of guanidine groups is 1. The van der Waals surface area contributed by atoms with Gasteiger partial charge in [-0.3, -0.25) is 4.79 Å². The van der Waals surface area contributed by atoms with Gasteiger partial charge in [-0.05, 0) is 0 Å². The molecule has 0 aliphatic rings. The number of nitro groups is 1. The lowest BCUT2D eigenvalue weighted by atomic mass is 10.5. The van der Waals surface area contributed by atoms with E-state index in [1.165, 1.54) is 18.0 Å². The van der Waals surface area contributed by atoms with Crippen LogP contribution in [0.5, 0.6) is 0 Å². The van der Waals surface area contributed by atoms with E-state index in [1.807, 2.05) is 0 Å². The van der Waals surface area contributed by atoms with Gasteiger partial charge in [0, 0.05) is 21.0 Å². The van der Waals surface area contributed by atoms with E-state index in [9.17, 15) is 14.9 Å². The monoisotopic (exact) mass is 291 g/mol. The number of carbonyl (C=O) groups is 1. The number of thiazole rings is 1. The topological polar surface area (TPSA) is 91.9 Å². The van der Waals surface area contributed by atoms with Crippen molar-refractivity contribution >= 4 is 39.8 Å². The highest BCUT2D eigenvalue weighted by atomic mass is 35.5. The molecule has 18 heavy (non-hydrogen) atoms. The van der Waals surface area contributed by atoms with Crippen LogP contribution in [0.3, 0.4) is 0 Å². The molecule has 1 rings (SSSR count). The number of halogens is 1. The van der Waals surface area contributed by atoms with Gasteiger partial charge in [-0.15, -0.1) is 0 Å². The van der Waals surface area contributed by atoms with Crippen LogP contribution in [0, 0.1) is 10.1 Å². The van der Waals surface area contributed by atoms with Gasteiger partial charge < -0.3 is 4.90 Å². The minimum atomic E-state index is -0.867. The van der Waals surface area contributed by atoms with Gasteiger partial charge in [-0.2, -0.15) is 0 Å². The van der Waals surface area contributed by atoms with Crippen LogP contribution in [-0.2, 0) is 4.79 Å². The fourth-order valence-electron chi connectivity index (χ4n) is 1.15. The first-order valence-corrected chi connectivity index (χ1v) is 5.84. The Morgan fingerprint density at radius 1 is 1.61 bits per heavy atom. The number of rotatable bonds is 2. The zero-order valence-corrected chi connectivity index (χ0v) is 11.4. The molecule has 0 atom stereocenters. The van der Waals surface area contributed by atoms with Gasteiger partial charge in [0.15, 0.2) is 9.50 Å². The maximum atomic E-state index is 11.6. The second-order valence-electron chi connectivity index (χ2n) is 3.34. The summed E-state index contributed by atoms with van der Waals surface area (Å²) in [5.41, 5.74) is 0. The van der Waals surface area contributed by atoms with Gasteiger partial charge in [0.05, 0.1) is 6.20 Å². The summed E-state index contributed by atoms with van der Waals surface area (Å²) in [6.45, 7) is 1.27. The third-order valence-corrected chi connectivity index (χ3v) is 2.87. The zero-order chi connectivity index (χ0) is 13.9. The number of carbonyl (C=O) groups excluding carboxylic acids is 1. The molecule has 98 valence electrons. The Morgan fingerprint density at radius 2 is 2.22 bits per heavy atom. The first kappa shape index (κ1) is 14.3. The Bertz CT molecular complexity index is 501. The molecule has 0 bridgehead atoms. The van der Waals surface area contributed by atoms with Crippen molar-refractivity contribution in [2.75, 3.05) is 19.0 Å². The van der Waals surface area contributed by atoms with E-state index in [1.54, 1.807) is 14.1 Å². The summed E-state index contributed by atoms with van der Waals surface area (Å²) >= 11 is 6.71. The molecular weight excluding hydrogens is 282 g/mol. The van der Waals surface area contributed by atoms with E-state index in [2.05, 4.69) is 10.1 Å². The number of anilines is 1. The van der Waals surface area contributed by atoms with E-state index >= 15 is 0 Å². The molecule has 1 aromatic rings. The molecule has 0 fully saturated rings. The van der Waals surface area contributed by atoms with Crippen LogP contribution < -0.4 is 4.90 Å². The fraction of sp³-hybridized carbons (Fsp3) is 0.375. The number of hydrazone groups is 1. The highest BCUT2D eigenvalue weighted by Gasteiger charge is 2.25. The van der Waals surface area contributed by atoms with Crippen molar-refractivity contribution in [3.8, 4) is 0 Å². The smallest absolute Gasteiger partial charge is 0.285 e. The Balaban J connectivity index is 3.26. The fourth-order valence-corrected chi connectivity index (χ4v) is 2.12. The third-order valence-electron chi connectivity index (χ3n) is 1.77. The van der Waals surface area contributed by atoms with Gasteiger partial charge in [-0.1, -0.05) is 22.9 Å². The number of amides is 1. The summed E-state index contributed by atoms with van der Waals surface area (Å²) in [6.07, 6.45) is 1.35. The molecule has 0 spiro atoms. The number of aromatic nitrogens is 1. The maximum absolute atomic E-state index is 11.6. The lowest BCUT2D eigenvalue weighted by Crippen LogP contribution is -2.43. The summed E-state index contributed by atoms with van der Waals surface area (Å²) in [6, 6.07) is 0. The molecule has 0 aliphatic carbocycles. The summed E-state index contributed by atoms with van der Waals surface area (Å²) in [4.78, 5) is 28.3. The zero-order valence-electron chi connectivity index (χ0n) is 9.82. The molecule has 0 aromatic carbocycles. The van der Waals surface area contributed by atoms with Gasteiger partial charge in [0.1, 0.15) is 10.1 Å². The second kappa shape index (κ2) is 5.74. The number of hydrogen-bond acceptors (Lipinski definition) is 5. The molecule has 0 aliphatic heterocycles. The lowest BCUT2D eigenvalue weighted by molar-refractivity contribution is -0.485. The Kier molecular flexibility index (Phi) is 4.56. The van der Waals surface area contributed by atoms with Crippen LogP contribution in [0.4, 0.5) is 5.00 Å². The van der Waals surface area contributed by atoms with Crippen molar-refractivity contribution in [1.82, 2.24) is 9.88 Å². The summed E-state index contributed by atoms with van der Waals surface area (Å²) in [5.74, 6) is -0.544. The summed E-state index contributed by atoms with van der Waals surface area (Å²) in [5, 5.41) is 13.2. The average molecular weight is 292 g/mol. The molecule has 0 radical (unpaired) electrons. The lowest BCUT2D eigenvalue weighted by Gasteiger charge is -2.23. The Morgan fingerprint density at radius 3 is 2.56 bits per heavy atom. The quantitative estimate of drug-likeness (QED) is 0.354. The summed E-state index contributed by atoms with van der Waals surface area (Å²) < 4.78 is 0.232. The van der Waals surface area contributed by atoms with Crippen molar-refractivity contribution in [3.63, 3.8) is 0 Å². The highest BCUT2D eigenvalue weighted by Crippen LogP contribution is 2.27. The molecular formula is C8H10ClN5O3S. The van der Waals surface area contributed by atoms with E-state index < -0.39 is 10.9 Å². The first-order valence-electron chi connectivity index (χ1n) is 4.65. The molecule has 8 nitrogen and oxygen atoms in total. The Labute approximate surface area is 112 Å². The minimum Gasteiger partial charge on any atom is -0.343 e. The molecule has 0 saturated carbocycles. The van der Waals surface area contributed by atoms with Gasteiger partial charge in [-0.25, -0.2) is 20.0 Å². The summed E-state index contributed by atoms with van der Waals surface area (Å²) in [7, 11) is 3.09. The SMILES string of the molecule is CC(=O)N(C(=N[N+](=O)[O-])N(C)C)c1cnc(Cl)s1. The minimum absolute atomic E-state index is 0.118. The molecule has 0 unspecified atom stereocenters. The van der Waals surface area contributed by atoms with Crippen LogP contribution >= 0.6 is 22.9 Å². The van der Waals surface area contributed by atoms with Crippen molar-refractivity contribution in [2.45, 2.75) is 6.92 Å². The van der Waals surface area contributed by atoms with Crippen LogP contribution in [0.15, 0.2) is 11.3 Å². The Hall–Kier alpha value is -1.74. The van der Waals surface area contributed by atoms with Crippen LogP contribution in [-0.4, -0.2) is 40.9 Å². The molecule has 1 amide bonds. The highest BCUT2D eigenvalue weighted by molar-refractivity contribution is 7.19. The van der Waals surface area contributed by atoms with E-state index in [4.69, 9.17) is 11.6 Å². The van der Waals surface area contributed by atoms with Gasteiger partial charge in [0.25, 0.3) is 5.96 Å². The van der Waals surface area contributed by atoms with Gasteiger partial charge in [0.2, 0.25) is 5.91 Å². The van der Waals surface area contributed by atoms with E-state index in [0.717, 1.165) is 16.2 Å². The van der Waals surface area contributed by atoms with E-state index in [-0.39, 0.29) is 10.4 Å².